The quantitative estimate of drug-likeness (QED) is 0.767. The summed E-state index contributed by atoms with van der Waals surface area (Å²) < 4.78 is 60.9. The minimum atomic E-state index is -4.12. The highest BCUT2D eigenvalue weighted by molar-refractivity contribution is 7.86. The van der Waals surface area contributed by atoms with Crippen LogP contribution >= 0.6 is 0 Å². The van der Waals surface area contributed by atoms with E-state index < -0.39 is 51.4 Å². The summed E-state index contributed by atoms with van der Waals surface area (Å²) in [5.74, 6) is -3.57. The second-order valence-electron chi connectivity index (χ2n) is 5.66. The average Bonchev–Trinajstić information content (AvgIpc) is 2.85. The molecule has 2 unspecified atom stereocenters. The zero-order valence-corrected chi connectivity index (χ0v) is 14.1. The molecule has 0 aliphatic carbocycles. The number of benzene rings is 2. The Morgan fingerprint density at radius 1 is 1.12 bits per heavy atom. The molecule has 1 aliphatic rings. The maximum absolute atomic E-state index is 13.4. The Hall–Kier alpha value is -2.65. The summed E-state index contributed by atoms with van der Waals surface area (Å²) in [5, 5.41) is 10.3. The summed E-state index contributed by atoms with van der Waals surface area (Å²) in [7, 11) is -4.12. The van der Waals surface area contributed by atoms with Gasteiger partial charge < -0.3 is 19.8 Å². The molecular weight excluding hydrogens is 368 g/mol. The highest BCUT2D eigenvalue weighted by atomic mass is 32.2. The van der Waals surface area contributed by atoms with Gasteiger partial charge in [-0.3, -0.25) is 0 Å². The zero-order chi connectivity index (χ0) is 18.9. The molecule has 26 heavy (non-hydrogen) atoms. The lowest BCUT2D eigenvalue weighted by Gasteiger charge is -2.16. The van der Waals surface area contributed by atoms with Crippen LogP contribution in [0.1, 0.15) is 17.2 Å². The minimum absolute atomic E-state index is 0.0819. The maximum atomic E-state index is 13.4. The van der Waals surface area contributed by atoms with E-state index in [0.29, 0.717) is 5.56 Å². The Labute approximate surface area is 148 Å². The van der Waals surface area contributed by atoms with Crippen molar-refractivity contribution in [3.05, 3.63) is 82.9 Å². The smallest absolute Gasteiger partial charge is 0.313 e. The zero-order valence-electron chi connectivity index (χ0n) is 13.3. The number of hydrogen-bond donors (Lipinski definition) is 2. The summed E-state index contributed by atoms with van der Waals surface area (Å²) >= 11 is 0. The maximum Gasteiger partial charge on any atom is 0.313 e. The van der Waals surface area contributed by atoms with Gasteiger partial charge in [0.2, 0.25) is 11.6 Å². The van der Waals surface area contributed by atoms with Crippen molar-refractivity contribution in [1.29, 1.82) is 0 Å². The number of aliphatic hydroxyl groups excluding tert-OH is 1. The fraction of sp³-hybridized carbons (Fsp3) is 0.176. The van der Waals surface area contributed by atoms with E-state index in [1.165, 1.54) is 6.07 Å². The van der Waals surface area contributed by atoms with Gasteiger partial charge in [-0.25, -0.2) is 8.78 Å². The first-order valence-corrected chi connectivity index (χ1v) is 9.10. The number of rotatable bonds is 5. The third-order valence-corrected chi connectivity index (χ3v) is 4.85. The van der Waals surface area contributed by atoms with Gasteiger partial charge in [0.25, 0.3) is 0 Å². The van der Waals surface area contributed by atoms with Gasteiger partial charge in [0, 0.05) is 0 Å². The molecule has 1 heterocycles. The van der Waals surface area contributed by atoms with E-state index in [2.05, 4.69) is 0 Å². The van der Waals surface area contributed by atoms with Crippen LogP contribution in [0.4, 0.5) is 8.78 Å². The van der Waals surface area contributed by atoms with E-state index in [4.69, 9.17) is 14.7 Å². The van der Waals surface area contributed by atoms with E-state index in [-0.39, 0.29) is 5.56 Å². The molecule has 2 aromatic carbocycles. The molecule has 0 fully saturated rings. The first-order valence-electron chi connectivity index (χ1n) is 7.52. The van der Waals surface area contributed by atoms with Crippen LogP contribution in [0.2, 0.25) is 0 Å². The molecule has 3 N–H and O–H groups in total. The molecule has 2 aromatic rings. The van der Waals surface area contributed by atoms with Crippen LogP contribution in [-0.2, 0) is 24.8 Å². The van der Waals surface area contributed by atoms with Crippen LogP contribution in [-0.4, -0.2) is 19.6 Å². The second-order valence-corrected chi connectivity index (χ2v) is 7.23. The molecule has 0 bridgehead atoms. The predicted octanol–water partition coefficient (Wildman–Crippen LogP) is 2.07. The van der Waals surface area contributed by atoms with Gasteiger partial charge >= 0.3 is 10.1 Å². The van der Waals surface area contributed by atoms with Crippen LogP contribution in [0, 0.1) is 11.6 Å². The van der Waals surface area contributed by atoms with Gasteiger partial charge in [0.15, 0.2) is 23.8 Å². The van der Waals surface area contributed by atoms with E-state index in [9.17, 15) is 22.3 Å². The first-order chi connectivity index (χ1) is 12.3. The first kappa shape index (κ1) is 18.2. The van der Waals surface area contributed by atoms with E-state index in [1.807, 2.05) is 0 Å². The monoisotopic (exact) mass is 383 g/mol. The largest absolute Gasteiger partial charge is 0.465 e. The molecule has 0 saturated heterocycles. The van der Waals surface area contributed by atoms with Crippen molar-refractivity contribution >= 4 is 10.1 Å². The minimum Gasteiger partial charge on any atom is -0.465 e. The molecule has 0 aromatic heterocycles. The summed E-state index contributed by atoms with van der Waals surface area (Å²) in [4.78, 5) is 0. The highest BCUT2D eigenvalue weighted by Crippen LogP contribution is 2.36. The van der Waals surface area contributed by atoms with Crippen molar-refractivity contribution in [1.82, 2.24) is 0 Å². The van der Waals surface area contributed by atoms with Gasteiger partial charge in [-0.2, -0.15) is 8.42 Å². The van der Waals surface area contributed by atoms with Crippen molar-refractivity contribution in [3.8, 4) is 0 Å². The normalized spacial score (nSPS) is 20.1. The molecule has 9 heteroatoms. The van der Waals surface area contributed by atoms with Crippen molar-refractivity contribution in [3.63, 3.8) is 0 Å². The molecule has 2 atom stereocenters. The van der Waals surface area contributed by atoms with Crippen molar-refractivity contribution in [2.45, 2.75) is 18.0 Å². The van der Waals surface area contributed by atoms with E-state index in [0.717, 1.165) is 12.1 Å². The number of halogens is 2. The fourth-order valence-electron chi connectivity index (χ4n) is 2.52. The Bertz CT molecular complexity index is 947. The number of ether oxygens (including phenoxy) is 1. The molecule has 0 radical (unpaired) electrons. The molecular formula is C17H15F2NO5S. The summed E-state index contributed by atoms with van der Waals surface area (Å²) in [5.41, 5.74) is 6.17. The van der Waals surface area contributed by atoms with Crippen LogP contribution in [0.5, 0.6) is 0 Å². The Kier molecular flexibility index (Phi) is 4.84. The standard InChI is InChI=1S/C17H15F2NO5S/c18-12-7-6-11(8-13(12)19)15-14(21)16(17(20)24-15)25-26(22,23)9-10-4-2-1-3-5-10/h1-8,14-15,21H,9,20H2. The number of hydrogen-bond acceptors (Lipinski definition) is 6. The molecule has 1 aliphatic heterocycles. The van der Waals surface area contributed by atoms with Gasteiger partial charge in [-0.15, -0.1) is 0 Å². The molecule has 3 rings (SSSR count). The molecule has 0 amide bonds. The van der Waals surface area contributed by atoms with Crippen LogP contribution in [0.15, 0.2) is 60.2 Å². The Morgan fingerprint density at radius 2 is 1.81 bits per heavy atom. The topological polar surface area (TPSA) is 98.9 Å². The van der Waals surface area contributed by atoms with Gasteiger partial charge in [0.1, 0.15) is 5.75 Å². The summed E-state index contributed by atoms with van der Waals surface area (Å²) in [6, 6.07) is 11.2. The summed E-state index contributed by atoms with van der Waals surface area (Å²) in [6.07, 6.45) is -2.81. The third kappa shape index (κ3) is 3.78. The molecule has 138 valence electrons. The Morgan fingerprint density at radius 3 is 2.46 bits per heavy atom. The SMILES string of the molecule is NC1=C(OS(=O)(=O)Cc2ccccc2)C(O)C(c2ccc(F)c(F)c2)O1. The third-order valence-electron chi connectivity index (χ3n) is 3.73. The number of aliphatic hydroxyl groups is 1. The Balaban J connectivity index is 1.78. The van der Waals surface area contributed by atoms with Crippen molar-refractivity contribution < 1.29 is 31.2 Å². The molecule has 0 spiro atoms. The van der Waals surface area contributed by atoms with Crippen LogP contribution in [0.25, 0.3) is 0 Å². The molecule has 0 saturated carbocycles. The fourth-order valence-corrected chi connectivity index (χ4v) is 3.63. The number of nitrogens with two attached hydrogens (primary N) is 1. The van der Waals surface area contributed by atoms with Gasteiger partial charge in [-0.05, 0) is 23.3 Å². The van der Waals surface area contributed by atoms with Crippen molar-refractivity contribution in [2.24, 2.45) is 5.73 Å². The highest BCUT2D eigenvalue weighted by Gasteiger charge is 2.40. The summed E-state index contributed by atoms with van der Waals surface area (Å²) in [6.45, 7) is 0. The van der Waals surface area contributed by atoms with E-state index in [1.54, 1.807) is 30.3 Å². The molecule has 6 nitrogen and oxygen atoms in total. The van der Waals surface area contributed by atoms with Gasteiger partial charge in [0.05, 0.1) is 0 Å². The van der Waals surface area contributed by atoms with Crippen LogP contribution < -0.4 is 5.73 Å². The van der Waals surface area contributed by atoms with Crippen molar-refractivity contribution in [2.75, 3.05) is 0 Å². The predicted molar refractivity (Wildman–Crippen MR) is 87.6 cm³/mol. The van der Waals surface area contributed by atoms with Gasteiger partial charge in [-0.1, -0.05) is 36.4 Å². The average molecular weight is 383 g/mol. The van der Waals surface area contributed by atoms with Crippen LogP contribution in [0.3, 0.4) is 0 Å². The second kappa shape index (κ2) is 6.93. The van der Waals surface area contributed by atoms with E-state index >= 15 is 0 Å². The lowest BCUT2D eigenvalue weighted by molar-refractivity contribution is 0.0405. The lowest BCUT2D eigenvalue weighted by Crippen LogP contribution is -2.21. The lowest BCUT2D eigenvalue weighted by atomic mass is 10.0.